The predicted octanol–water partition coefficient (Wildman–Crippen LogP) is 3.30. The number of hydrogen-bond donors (Lipinski definition) is 1. The van der Waals surface area contributed by atoms with E-state index in [0.29, 0.717) is 19.3 Å². The number of amides is 1. The third-order valence-electron chi connectivity index (χ3n) is 6.42. The fourth-order valence-corrected chi connectivity index (χ4v) is 4.50. The van der Waals surface area contributed by atoms with Crippen molar-refractivity contribution in [3.8, 4) is 11.3 Å². The molecule has 1 N–H and O–H groups in total. The van der Waals surface area contributed by atoms with Gasteiger partial charge in [-0.15, -0.1) is 0 Å². The molecule has 154 valence electrons. The number of carbonyl (C=O) groups is 1. The van der Waals surface area contributed by atoms with Crippen LogP contribution in [0.5, 0.6) is 0 Å². The summed E-state index contributed by atoms with van der Waals surface area (Å²) in [7, 11) is 2.15. The Bertz CT molecular complexity index is 810. The third-order valence-corrected chi connectivity index (χ3v) is 6.42. The van der Waals surface area contributed by atoms with Crippen molar-refractivity contribution >= 4 is 5.91 Å². The molecule has 2 aromatic rings. The van der Waals surface area contributed by atoms with Crippen LogP contribution in [0.4, 0.5) is 0 Å². The number of hydrogen-bond acceptors (Lipinski definition) is 4. The summed E-state index contributed by atoms with van der Waals surface area (Å²) in [6, 6.07) is 14.7. The van der Waals surface area contributed by atoms with E-state index >= 15 is 0 Å². The van der Waals surface area contributed by atoms with Crippen LogP contribution in [0.3, 0.4) is 0 Å². The molecular weight excluding hydrogens is 362 g/mol. The van der Waals surface area contributed by atoms with Gasteiger partial charge in [0, 0.05) is 31.0 Å². The van der Waals surface area contributed by atoms with Gasteiger partial charge in [0.2, 0.25) is 5.91 Å². The van der Waals surface area contributed by atoms with E-state index in [1.807, 2.05) is 24.4 Å². The molecule has 0 saturated carbocycles. The first-order chi connectivity index (χ1) is 14.1. The SMILES string of the molecule is CN1CCC(NC(=O)C2(Cc3cccc(-c4ccccn4)c3)CCOCC2)CC1. The van der Waals surface area contributed by atoms with E-state index in [-0.39, 0.29) is 11.3 Å². The van der Waals surface area contributed by atoms with Crippen LogP contribution in [0, 0.1) is 5.41 Å². The maximum atomic E-state index is 13.4. The highest BCUT2D eigenvalue weighted by Crippen LogP contribution is 2.36. The fourth-order valence-electron chi connectivity index (χ4n) is 4.50. The van der Waals surface area contributed by atoms with Gasteiger partial charge in [0.15, 0.2) is 0 Å². The highest BCUT2D eigenvalue weighted by Gasteiger charge is 2.41. The van der Waals surface area contributed by atoms with Crippen LogP contribution in [0.2, 0.25) is 0 Å². The van der Waals surface area contributed by atoms with E-state index in [2.05, 4.69) is 46.5 Å². The molecule has 2 fully saturated rings. The Kier molecular flexibility index (Phi) is 6.26. The Balaban J connectivity index is 1.52. The largest absolute Gasteiger partial charge is 0.381 e. The van der Waals surface area contributed by atoms with E-state index in [4.69, 9.17) is 4.74 Å². The summed E-state index contributed by atoms with van der Waals surface area (Å²) < 4.78 is 5.61. The fraction of sp³-hybridized carbons (Fsp3) is 0.500. The molecule has 3 heterocycles. The van der Waals surface area contributed by atoms with Crippen molar-refractivity contribution in [1.29, 1.82) is 0 Å². The second kappa shape index (κ2) is 9.06. The molecule has 1 aromatic heterocycles. The van der Waals surface area contributed by atoms with E-state index in [0.717, 1.165) is 56.5 Å². The number of nitrogens with one attached hydrogen (secondary N) is 1. The van der Waals surface area contributed by atoms with Crippen molar-refractivity contribution in [2.75, 3.05) is 33.4 Å². The molecule has 2 aliphatic rings. The van der Waals surface area contributed by atoms with Gasteiger partial charge in [0.05, 0.1) is 11.1 Å². The van der Waals surface area contributed by atoms with Gasteiger partial charge in [-0.2, -0.15) is 0 Å². The molecule has 0 atom stereocenters. The van der Waals surface area contributed by atoms with Crippen molar-refractivity contribution < 1.29 is 9.53 Å². The molecule has 2 saturated heterocycles. The van der Waals surface area contributed by atoms with Gasteiger partial charge in [-0.25, -0.2) is 0 Å². The van der Waals surface area contributed by atoms with Gasteiger partial charge in [0.25, 0.3) is 0 Å². The summed E-state index contributed by atoms with van der Waals surface area (Å²) in [5.41, 5.74) is 2.87. The molecule has 0 bridgehead atoms. The van der Waals surface area contributed by atoms with Crippen molar-refractivity contribution in [3.63, 3.8) is 0 Å². The second-order valence-corrected chi connectivity index (χ2v) is 8.54. The van der Waals surface area contributed by atoms with Gasteiger partial charge in [-0.05, 0) is 76.0 Å². The number of carbonyl (C=O) groups excluding carboxylic acids is 1. The Morgan fingerprint density at radius 1 is 1.17 bits per heavy atom. The normalized spacial score (nSPS) is 20.3. The molecule has 5 heteroatoms. The zero-order valence-corrected chi connectivity index (χ0v) is 17.3. The first-order valence-corrected chi connectivity index (χ1v) is 10.7. The zero-order valence-electron chi connectivity index (χ0n) is 17.3. The van der Waals surface area contributed by atoms with Gasteiger partial charge in [-0.1, -0.05) is 24.3 Å². The van der Waals surface area contributed by atoms with Gasteiger partial charge in [0.1, 0.15) is 0 Å². The number of likely N-dealkylation sites (tertiary alicyclic amines) is 1. The molecule has 2 aliphatic heterocycles. The van der Waals surface area contributed by atoms with Crippen molar-refractivity contribution in [2.45, 2.75) is 38.1 Å². The smallest absolute Gasteiger partial charge is 0.226 e. The van der Waals surface area contributed by atoms with Crippen LogP contribution in [0.25, 0.3) is 11.3 Å². The van der Waals surface area contributed by atoms with Crippen LogP contribution >= 0.6 is 0 Å². The van der Waals surface area contributed by atoms with Gasteiger partial charge >= 0.3 is 0 Å². The number of rotatable bonds is 5. The first kappa shape index (κ1) is 20.0. The van der Waals surface area contributed by atoms with Crippen molar-refractivity contribution in [1.82, 2.24) is 15.2 Å². The van der Waals surface area contributed by atoms with Gasteiger partial charge in [-0.3, -0.25) is 9.78 Å². The third kappa shape index (κ3) is 4.85. The maximum absolute atomic E-state index is 13.4. The number of ether oxygens (including phenoxy) is 1. The van der Waals surface area contributed by atoms with Crippen molar-refractivity contribution in [2.24, 2.45) is 5.41 Å². The van der Waals surface area contributed by atoms with Gasteiger partial charge < -0.3 is 15.0 Å². The molecule has 0 unspecified atom stereocenters. The van der Waals surface area contributed by atoms with Crippen LogP contribution in [0.15, 0.2) is 48.7 Å². The summed E-state index contributed by atoms with van der Waals surface area (Å²) >= 11 is 0. The lowest BCUT2D eigenvalue weighted by molar-refractivity contribution is -0.137. The molecule has 4 rings (SSSR count). The Hall–Kier alpha value is -2.24. The standard InChI is InChI=1S/C24H31N3O2/c1-27-13-8-21(9-14-27)26-23(28)24(10-15-29-16-11-24)18-19-5-4-6-20(17-19)22-7-2-3-12-25-22/h2-7,12,17,21H,8-11,13-16,18H2,1H3,(H,26,28). The van der Waals surface area contributed by atoms with Crippen LogP contribution in [-0.4, -0.2) is 55.2 Å². The molecule has 0 aliphatic carbocycles. The maximum Gasteiger partial charge on any atom is 0.226 e. The lowest BCUT2D eigenvalue weighted by Crippen LogP contribution is -2.51. The van der Waals surface area contributed by atoms with E-state index in [1.54, 1.807) is 0 Å². The van der Waals surface area contributed by atoms with Crippen molar-refractivity contribution in [3.05, 3.63) is 54.2 Å². The minimum Gasteiger partial charge on any atom is -0.381 e. The molecule has 0 spiro atoms. The second-order valence-electron chi connectivity index (χ2n) is 8.54. The first-order valence-electron chi connectivity index (χ1n) is 10.7. The summed E-state index contributed by atoms with van der Waals surface area (Å²) in [5.74, 6) is 0.207. The topological polar surface area (TPSA) is 54.5 Å². The summed E-state index contributed by atoms with van der Waals surface area (Å²) in [6.45, 7) is 3.40. The summed E-state index contributed by atoms with van der Waals surface area (Å²) in [4.78, 5) is 20.2. The Morgan fingerprint density at radius 2 is 1.97 bits per heavy atom. The quantitative estimate of drug-likeness (QED) is 0.847. The Morgan fingerprint density at radius 3 is 2.69 bits per heavy atom. The predicted molar refractivity (Wildman–Crippen MR) is 115 cm³/mol. The highest BCUT2D eigenvalue weighted by atomic mass is 16.5. The lowest BCUT2D eigenvalue weighted by atomic mass is 9.74. The monoisotopic (exact) mass is 393 g/mol. The number of aromatic nitrogens is 1. The molecule has 29 heavy (non-hydrogen) atoms. The molecule has 1 aromatic carbocycles. The van der Waals surface area contributed by atoms with Crippen LogP contribution < -0.4 is 5.32 Å². The minimum absolute atomic E-state index is 0.207. The number of nitrogens with zero attached hydrogens (tertiary/aromatic N) is 2. The average molecular weight is 394 g/mol. The number of benzene rings is 1. The van der Waals surface area contributed by atoms with E-state index in [9.17, 15) is 4.79 Å². The molecule has 5 nitrogen and oxygen atoms in total. The summed E-state index contributed by atoms with van der Waals surface area (Å²) in [5, 5.41) is 3.38. The van der Waals surface area contributed by atoms with E-state index in [1.165, 1.54) is 5.56 Å². The Labute approximate surface area is 173 Å². The van der Waals surface area contributed by atoms with Crippen LogP contribution in [-0.2, 0) is 16.0 Å². The molecular formula is C24H31N3O2. The molecule has 1 amide bonds. The lowest BCUT2D eigenvalue weighted by Gasteiger charge is -2.38. The highest BCUT2D eigenvalue weighted by molar-refractivity contribution is 5.83. The minimum atomic E-state index is -0.385. The summed E-state index contributed by atoms with van der Waals surface area (Å²) in [6.07, 6.45) is 6.18. The number of pyridine rings is 1. The molecule has 0 radical (unpaired) electrons. The zero-order chi connectivity index (χ0) is 20.1. The average Bonchev–Trinajstić information content (AvgIpc) is 2.77. The van der Waals surface area contributed by atoms with E-state index < -0.39 is 0 Å². The number of piperidine rings is 1. The van der Waals surface area contributed by atoms with Crippen LogP contribution in [0.1, 0.15) is 31.2 Å².